The number of benzene rings is 1. The summed E-state index contributed by atoms with van der Waals surface area (Å²) in [6.45, 7) is 2.68. The summed E-state index contributed by atoms with van der Waals surface area (Å²) >= 11 is 0. The van der Waals surface area contributed by atoms with Gasteiger partial charge in [-0.2, -0.15) is 0 Å². The standard InChI is InChI=1S/C14H17N3O2/c18-13-10-16(9-11-4-2-1-3-5-11)14(19)12-8-15-6-7-17(12)13/h1-5,12,15H,6-10H2. The lowest BCUT2D eigenvalue weighted by Crippen LogP contribution is -2.66. The normalized spacial score (nSPS) is 23.5. The van der Waals surface area contributed by atoms with E-state index in [0.29, 0.717) is 19.6 Å². The first-order chi connectivity index (χ1) is 9.25. The van der Waals surface area contributed by atoms with E-state index >= 15 is 0 Å². The first-order valence-electron chi connectivity index (χ1n) is 6.58. The summed E-state index contributed by atoms with van der Waals surface area (Å²) in [4.78, 5) is 27.8. The van der Waals surface area contributed by atoms with Gasteiger partial charge in [0.1, 0.15) is 12.6 Å². The number of nitrogens with zero attached hydrogens (tertiary/aromatic N) is 2. The van der Waals surface area contributed by atoms with Crippen molar-refractivity contribution in [1.82, 2.24) is 15.1 Å². The van der Waals surface area contributed by atoms with Gasteiger partial charge < -0.3 is 15.1 Å². The number of hydrogen-bond acceptors (Lipinski definition) is 3. The molecule has 2 heterocycles. The van der Waals surface area contributed by atoms with Gasteiger partial charge in [-0.3, -0.25) is 9.59 Å². The van der Waals surface area contributed by atoms with Crippen molar-refractivity contribution in [3.63, 3.8) is 0 Å². The Bertz CT molecular complexity index is 489. The molecule has 2 aliphatic heterocycles. The number of nitrogens with one attached hydrogen (secondary N) is 1. The zero-order valence-electron chi connectivity index (χ0n) is 10.7. The van der Waals surface area contributed by atoms with E-state index in [-0.39, 0.29) is 24.4 Å². The van der Waals surface area contributed by atoms with Gasteiger partial charge >= 0.3 is 0 Å². The van der Waals surface area contributed by atoms with Crippen LogP contribution in [0.3, 0.4) is 0 Å². The Hall–Kier alpha value is -1.88. The van der Waals surface area contributed by atoms with Crippen molar-refractivity contribution in [2.24, 2.45) is 0 Å². The molecule has 5 nitrogen and oxygen atoms in total. The molecule has 0 aromatic heterocycles. The predicted octanol–water partition coefficient (Wildman–Crippen LogP) is -0.171. The van der Waals surface area contributed by atoms with Gasteiger partial charge in [-0.15, -0.1) is 0 Å². The molecule has 2 amide bonds. The number of amides is 2. The quantitative estimate of drug-likeness (QED) is 0.802. The van der Waals surface area contributed by atoms with Crippen molar-refractivity contribution < 1.29 is 9.59 Å². The SMILES string of the molecule is O=C1C2CNCCN2C(=O)CN1Cc1ccccc1. The maximum atomic E-state index is 12.4. The van der Waals surface area contributed by atoms with E-state index in [4.69, 9.17) is 0 Å². The fourth-order valence-electron chi connectivity index (χ4n) is 2.70. The molecule has 1 atom stereocenters. The monoisotopic (exact) mass is 259 g/mol. The second-order valence-corrected chi connectivity index (χ2v) is 4.99. The zero-order chi connectivity index (χ0) is 13.2. The van der Waals surface area contributed by atoms with Crippen LogP contribution in [-0.4, -0.2) is 53.8 Å². The van der Waals surface area contributed by atoms with Crippen LogP contribution in [0.4, 0.5) is 0 Å². The molecule has 2 aliphatic rings. The van der Waals surface area contributed by atoms with Gasteiger partial charge in [0.2, 0.25) is 11.8 Å². The minimum absolute atomic E-state index is 0.0515. The van der Waals surface area contributed by atoms with Crippen molar-refractivity contribution >= 4 is 11.8 Å². The zero-order valence-corrected chi connectivity index (χ0v) is 10.7. The fraction of sp³-hybridized carbons (Fsp3) is 0.429. The minimum Gasteiger partial charge on any atom is -0.327 e. The number of hydrogen-bond donors (Lipinski definition) is 1. The molecule has 2 saturated heterocycles. The third-order valence-electron chi connectivity index (χ3n) is 3.70. The third-order valence-corrected chi connectivity index (χ3v) is 3.70. The van der Waals surface area contributed by atoms with Crippen LogP contribution in [0, 0.1) is 0 Å². The molecule has 3 rings (SSSR count). The van der Waals surface area contributed by atoms with E-state index < -0.39 is 0 Å². The molecule has 0 spiro atoms. The maximum absolute atomic E-state index is 12.4. The van der Waals surface area contributed by atoms with Gasteiger partial charge in [0.15, 0.2) is 0 Å². The highest BCUT2D eigenvalue weighted by Crippen LogP contribution is 2.16. The van der Waals surface area contributed by atoms with Gasteiger partial charge in [-0.1, -0.05) is 30.3 Å². The summed E-state index contributed by atoms with van der Waals surface area (Å²) in [7, 11) is 0. The molecule has 0 radical (unpaired) electrons. The van der Waals surface area contributed by atoms with Gasteiger partial charge in [0, 0.05) is 26.2 Å². The summed E-state index contributed by atoms with van der Waals surface area (Å²) in [5.41, 5.74) is 1.06. The first-order valence-corrected chi connectivity index (χ1v) is 6.58. The molecule has 1 aromatic carbocycles. The van der Waals surface area contributed by atoms with Gasteiger partial charge in [0.05, 0.1) is 0 Å². The highest BCUT2D eigenvalue weighted by molar-refractivity contribution is 5.95. The van der Waals surface area contributed by atoms with E-state index in [0.717, 1.165) is 12.1 Å². The predicted molar refractivity (Wildman–Crippen MR) is 70.2 cm³/mol. The number of piperazine rings is 2. The van der Waals surface area contributed by atoms with Gasteiger partial charge in [0.25, 0.3) is 0 Å². The molecule has 2 fully saturated rings. The summed E-state index contributed by atoms with van der Waals surface area (Å²) in [6, 6.07) is 9.46. The van der Waals surface area contributed by atoms with Crippen LogP contribution in [0.1, 0.15) is 5.56 Å². The molecular weight excluding hydrogens is 242 g/mol. The Morgan fingerprint density at radius 2 is 2.00 bits per heavy atom. The Morgan fingerprint density at radius 3 is 2.79 bits per heavy atom. The van der Waals surface area contributed by atoms with Crippen molar-refractivity contribution in [3.05, 3.63) is 35.9 Å². The topological polar surface area (TPSA) is 52.7 Å². The first kappa shape index (κ1) is 12.2. The van der Waals surface area contributed by atoms with Crippen molar-refractivity contribution in [2.45, 2.75) is 12.6 Å². The smallest absolute Gasteiger partial charge is 0.247 e. The Morgan fingerprint density at radius 1 is 1.21 bits per heavy atom. The average molecular weight is 259 g/mol. The van der Waals surface area contributed by atoms with E-state index in [1.165, 1.54) is 0 Å². The maximum Gasteiger partial charge on any atom is 0.247 e. The molecule has 1 N–H and O–H groups in total. The van der Waals surface area contributed by atoms with Gasteiger partial charge in [-0.25, -0.2) is 0 Å². The van der Waals surface area contributed by atoms with Crippen LogP contribution < -0.4 is 5.32 Å². The number of carbonyl (C=O) groups is 2. The summed E-state index contributed by atoms with van der Waals surface area (Å²) in [5, 5.41) is 3.18. The van der Waals surface area contributed by atoms with E-state index in [9.17, 15) is 9.59 Å². The number of fused-ring (bicyclic) bond motifs is 1. The second-order valence-electron chi connectivity index (χ2n) is 4.99. The molecule has 5 heteroatoms. The lowest BCUT2D eigenvalue weighted by atomic mass is 10.1. The Labute approximate surface area is 112 Å². The Balaban J connectivity index is 1.76. The highest BCUT2D eigenvalue weighted by Gasteiger charge is 2.40. The fourth-order valence-corrected chi connectivity index (χ4v) is 2.70. The molecule has 0 saturated carbocycles. The number of carbonyl (C=O) groups excluding carboxylic acids is 2. The molecule has 100 valence electrons. The second kappa shape index (κ2) is 5.01. The summed E-state index contributed by atoms with van der Waals surface area (Å²) in [5.74, 6) is 0.109. The van der Waals surface area contributed by atoms with Crippen LogP contribution in [-0.2, 0) is 16.1 Å². The van der Waals surface area contributed by atoms with Gasteiger partial charge in [-0.05, 0) is 5.56 Å². The summed E-state index contributed by atoms with van der Waals surface area (Å²) in [6.07, 6.45) is 0. The van der Waals surface area contributed by atoms with Crippen LogP contribution in [0.15, 0.2) is 30.3 Å². The van der Waals surface area contributed by atoms with Crippen LogP contribution in [0.2, 0.25) is 0 Å². The lowest BCUT2D eigenvalue weighted by molar-refractivity contribution is -0.157. The average Bonchev–Trinajstić information content (AvgIpc) is 2.46. The Kier molecular flexibility index (Phi) is 3.21. The molecule has 0 bridgehead atoms. The van der Waals surface area contributed by atoms with Crippen LogP contribution in [0.25, 0.3) is 0 Å². The summed E-state index contributed by atoms with van der Waals surface area (Å²) < 4.78 is 0. The highest BCUT2D eigenvalue weighted by atomic mass is 16.2. The largest absolute Gasteiger partial charge is 0.327 e. The van der Waals surface area contributed by atoms with Crippen molar-refractivity contribution in [2.75, 3.05) is 26.2 Å². The molecule has 0 aliphatic carbocycles. The number of rotatable bonds is 2. The molecule has 1 unspecified atom stereocenters. The van der Waals surface area contributed by atoms with Crippen LogP contribution >= 0.6 is 0 Å². The molecule has 1 aromatic rings. The van der Waals surface area contributed by atoms with Crippen LogP contribution in [0.5, 0.6) is 0 Å². The van der Waals surface area contributed by atoms with E-state index in [1.54, 1.807) is 9.80 Å². The van der Waals surface area contributed by atoms with E-state index in [1.807, 2.05) is 30.3 Å². The minimum atomic E-state index is -0.321. The third kappa shape index (κ3) is 2.33. The lowest BCUT2D eigenvalue weighted by Gasteiger charge is -2.42. The molecular formula is C14H17N3O2. The van der Waals surface area contributed by atoms with Crippen molar-refractivity contribution in [1.29, 1.82) is 0 Å². The molecule has 19 heavy (non-hydrogen) atoms. The van der Waals surface area contributed by atoms with E-state index in [2.05, 4.69) is 5.32 Å². The van der Waals surface area contributed by atoms with Crippen molar-refractivity contribution in [3.8, 4) is 0 Å².